The van der Waals surface area contributed by atoms with Gasteiger partial charge in [0.2, 0.25) is 0 Å². The van der Waals surface area contributed by atoms with Gasteiger partial charge >= 0.3 is 5.97 Å². The highest BCUT2D eigenvalue weighted by Gasteiger charge is 2.50. The molecule has 1 N–H and O–H groups in total. The predicted molar refractivity (Wildman–Crippen MR) is 111 cm³/mol. The van der Waals surface area contributed by atoms with Gasteiger partial charge < -0.3 is 5.11 Å². The molecule has 0 saturated heterocycles. The van der Waals surface area contributed by atoms with Crippen molar-refractivity contribution in [3.05, 3.63) is 76.4 Å². The minimum atomic E-state index is -1.09. The lowest BCUT2D eigenvalue weighted by atomic mass is 9.66. The SMILES string of the molecule is C=C(c1ccc(C(=O)O)cc1)c1cc2c(cc1C(C)F)C1(CCC2(C)C)CC1. The Labute approximate surface area is 166 Å². The van der Waals surface area contributed by atoms with Crippen LogP contribution in [-0.2, 0) is 10.8 Å². The number of carboxylic acids is 1. The molecule has 1 unspecified atom stereocenters. The van der Waals surface area contributed by atoms with Gasteiger partial charge in [-0.2, -0.15) is 0 Å². The monoisotopic (exact) mass is 378 g/mol. The highest BCUT2D eigenvalue weighted by atomic mass is 19.1. The number of aromatic carboxylic acids is 1. The summed E-state index contributed by atoms with van der Waals surface area (Å²) in [6.07, 6.45) is 3.64. The molecule has 0 aliphatic heterocycles. The summed E-state index contributed by atoms with van der Waals surface area (Å²) in [7, 11) is 0. The third-order valence-electron chi connectivity index (χ3n) is 6.81. The smallest absolute Gasteiger partial charge is 0.335 e. The number of alkyl halides is 1. The standard InChI is InChI=1S/C25H27FO2/c1-15(17-5-7-18(8-6-17)23(27)28)19-13-21-22(14-20(19)16(2)26)25(11-12-25)10-9-24(21,3)4/h5-8,13-14,16H,1,9-12H2,2-4H3,(H,27,28). The quantitative estimate of drug-likeness (QED) is 0.652. The maximum absolute atomic E-state index is 14.7. The normalized spacial score (nSPS) is 19.7. The van der Waals surface area contributed by atoms with Gasteiger partial charge in [0.25, 0.3) is 0 Å². The highest BCUT2D eigenvalue weighted by Crippen LogP contribution is 2.59. The summed E-state index contributed by atoms with van der Waals surface area (Å²) in [4.78, 5) is 11.1. The minimum absolute atomic E-state index is 0.0590. The Morgan fingerprint density at radius 3 is 2.14 bits per heavy atom. The third-order valence-corrected chi connectivity index (χ3v) is 6.81. The molecule has 2 aromatic carbocycles. The van der Waals surface area contributed by atoms with Crippen molar-refractivity contribution in [2.75, 3.05) is 0 Å². The molecular weight excluding hydrogens is 351 g/mol. The molecule has 2 aliphatic rings. The Hall–Kier alpha value is -2.42. The van der Waals surface area contributed by atoms with Gasteiger partial charge in [-0.15, -0.1) is 0 Å². The van der Waals surface area contributed by atoms with Crippen LogP contribution in [0.1, 0.15) is 90.8 Å². The van der Waals surface area contributed by atoms with Crippen LogP contribution in [0.2, 0.25) is 0 Å². The molecule has 0 heterocycles. The fourth-order valence-corrected chi connectivity index (χ4v) is 4.67. The molecule has 146 valence electrons. The lowest BCUT2D eigenvalue weighted by Crippen LogP contribution is -2.30. The molecule has 2 aliphatic carbocycles. The average molecular weight is 378 g/mol. The summed E-state index contributed by atoms with van der Waals surface area (Å²) >= 11 is 0. The first-order valence-corrected chi connectivity index (χ1v) is 10.0. The number of benzene rings is 2. The average Bonchev–Trinajstić information content (AvgIpc) is 3.45. The topological polar surface area (TPSA) is 37.3 Å². The first kappa shape index (κ1) is 18.9. The van der Waals surface area contributed by atoms with E-state index in [2.05, 4.69) is 32.6 Å². The van der Waals surface area contributed by atoms with E-state index in [1.54, 1.807) is 31.2 Å². The zero-order chi connectivity index (χ0) is 20.3. The van der Waals surface area contributed by atoms with E-state index >= 15 is 0 Å². The Morgan fingerprint density at radius 1 is 1.04 bits per heavy atom. The van der Waals surface area contributed by atoms with Crippen LogP contribution in [0.3, 0.4) is 0 Å². The molecule has 1 saturated carbocycles. The summed E-state index contributed by atoms with van der Waals surface area (Å²) in [5.41, 5.74) is 6.29. The molecular formula is C25H27FO2. The maximum Gasteiger partial charge on any atom is 0.335 e. The molecule has 2 nitrogen and oxygen atoms in total. The van der Waals surface area contributed by atoms with Crippen molar-refractivity contribution in [1.29, 1.82) is 0 Å². The van der Waals surface area contributed by atoms with Gasteiger partial charge in [-0.25, -0.2) is 9.18 Å². The van der Waals surface area contributed by atoms with Gasteiger partial charge in [0.15, 0.2) is 0 Å². The number of halogens is 1. The van der Waals surface area contributed by atoms with E-state index in [1.807, 2.05) is 0 Å². The number of rotatable bonds is 4. The van der Waals surface area contributed by atoms with Crippen molar-refractivity contribution in [3.63, 3.8) is 0 Å². The number of carboxylic acid groups (broad SMARTS) is 1. The lowest BCUT2D eigenvalue weighted by molar-refractivity contribution is 0.0697. The van der Waals surface area contributed by atoms with Crippen LogP contribution in [-0.4, -0.2) is 11.1 Å². The van der Waals surface area contributed by atoms with Gasteiger partial charge in [0, 0.05) is 0 Å². The van der Waals surface area contributed by atoms with E-state index in [0.717, 1.165) is 23.1 Å². The van der Waals surface area contributed by atoms with Crippen molar-refractivity contribution in [1.82, 2.24) is 0 Å². The molecule has 1 atom stereocenters. The van der Waals surface area contributed by atoms with E-state index in [9.17, 15) is 9.18 Å². The molecule has 0 radical (unpaired) electrons. The molecule has 0 aromatic heterocycles. The fourth-order valence-electron chi connectivity index (χ4n) is 4.67. The first-order valence-electron chi connectivity index (χ1n) is 10.0. The minimum Gasteiger partial charge on any atom is -0.478 e. The van der Waals surface area contributed by atoms with Crippen LogP contribution in [0.5, 0.6) is 0 Å². The van der Waals surface area contributed by atoms with Gasteiger partial charge in [-0.05, 0) is 95.0 Å². The van der Waals surface area contributed by atoms with Crippen LogP contribution in [0.25, 0.3) is 5.57 Å². The Bertz CT molecular complexity index is 963. The Kier molecular flexibility index (Phi) is 4.26. The molecule has 0 bridgehead atoms. The Morgan fingerprint density at radius 2 is 1.61 bits per heavy atom. The molecule has 28 heavy (non-hydrogen) atoms. The zero-order valence-corrected chi connectivity index (χ0v) is 16.8. The zero-order valence-electron chi connectivity index (χ0n) is 16.8. The van der Waals surface area contributed by atoms with Crippen LogP contribution < -0.4 is 0 Å². The van der Waals surface area contributed by atoms with Gasteiger partial charge in [-0.1, -0.05) is 38.6 Å². The summed E-state index contributed by atoms with van der Waals surface area (Å²) in [5, 5.41) is 9.12. The van der Waals surface area contributed by atoms with Gasteiger partial charge in [0.05, 0.1) is 5.56 Å². The largest absolute Gasteiger partial charge is 0.478 e. The lowest BCUT2D eigenvalue weighted by Gasteiger charge is -2.39. The second-order valence-electron chi connectivity index (χ2n) is 9.13. The third kappa shape index (κ3) is 2.97. The molecule has 0 amide bonds. The van der Waals surface area contributed by atoms with E-state index in [0.29, 0.717) is 5.56 Å². The first-order chi connectivity index (χ1) is 13.1. The van der Waals surface area contributed by atoms with Crippen LogP contribution >= 0.6 is 0 Å². The predicted octanol–water partition coefficient (Wildman–Crippen LogP) is 6.58. The van der Waals surface area contributed by atoms with Crippen molar-refractivity contribution < 1.29 is 14.3 Å². The van der Waals surface area contributed by atoms with Crippen LogP contribution in [0, 0.1) is 0 Å². The summed E-state index contributed by atoms with van der Waals surface area (Å²) in [6.45, 7) is 10.4. The number of carbonyl (C=O) groups is 1. The van der Waals surface area contributed by atoms with Crippen molar-refractivity contribution in [2.24, 2.45) is 0 Å². The van der Waals surface area contributed by atoms with E-state index in [4.69, 9.17) is 5.11 Å². The van der Waals surface area contributed by atoms with E-state index in [1.165, 1.54) is 30.4 Å². The van der Waals surface area contributed by atoms with Gasteiger partial charge in [-0.3, -0.25) is 0 Å². The summed E-state index contributed by atoms with van der Waals surface area (Å²) in [5.74, 6) is -0.958. The maximum atomic E-state index is 14.7. The van der Waals surface area contributed by atoms with Crippen LogP contribution in [0.15, 0.2) is 43.0 Å². The fraction of sp³-hybridized carbons (Fsp3) is 0.400. The van der Waals surface area contributed by atoms with Gasteiger partial charge in [0.1, 0.15) is 6.17 Å². The van der Waals surface area contributed by atoms with E-state index < -0.39 is 12.1 Å². The molecule has 3 heteroatoms. The second kappa shape index (κ2) is 6.30. The number of hydrogen-bond acceptors (Lipinski definition) is 1. The van der Waals surface area contributed by atoms with Crippen molar-refractivity contribution in [3.8, 4) is 0 Å². The van der Waals surface area contributed by atoms with Crippen molar-refractivity contribution in [2.45, 2.75) is 63.5 Å². The van der Waals surface area contributed by atoms with Crippen LogP contribution in [0.4, 0.5) is 4.39 Å². The molecule has 2 aromatic rings. The Balaban J connectivity index is 1.84. The summed E-state index contributed by atoms with van der Waals surface area (Å²) < 4.78 is 14.7. The number of fused-ring (bicyclic) bond motifs is 2. The summed E-state index contributed by atoms with van der Waals surface area (Å²) in [6, 6.07) is 10.9. The second-order valence-corrected chi connectivity index (χ2v) is 9.13. The van der Waals surface area contributed by atoms with E-state index in [-0.39, 0.29) is 16.4 Å². The van der Waals surface area contributed by atoms with Crippen molar-refractivity contribution >= 4 is 11.5 Å². The molecule has 4 rings (SSSR count). The molecule has 1 spiro atoms. The molecule has 1 fully saturated rings. The highest BCUT2D eigenvalue weighted by molar-refractivity contribution is 5.89. The number of hydrogen-bond donors (Lipinski definition) is 1.